The minimum absolute atomic E-state index is 0.151. The number of primary amides is 1. The van der Waals surface area contributed by atoms with Gasteiger partial charge in [0.1, 0.15) is 0 Å². The molecule has 4 N–H and O–H groups in total. The van der Waals surface area contributed by atoms with Crippen LogP contribution in [0.15, 0.2) is 54.6 Å². The minimum Gasteiger partial charge on any atom is -0.386 e. The lowest BCUT2D eigenvalue weighted by Crippen LogP contribution is -2.48. The van der Waals surface area contributed by atoms with Gasteiger partial charge in [0.05, 0.1) is 28.2 Å². The quantitative estimate of drug-likeness (QED) is 0.354. The predicted octanol–water partition coefficient (Wildman–Crippen LogP) is 6.25. The number of nitrogens with zero attached hydrogens (tertiary/aromatic N) is 2. The molecule has 2 heterocycles. The minimum atomic E-state index is -4.50. The Balaban J connectivity index is 1.63. The van der Waals surface area contributed by atoms with Gasteiger partial charge in [-0.3, -0.25) is 9.69 Å². The highest BCUT2D eigenvalue weighted by molar-refractivity contribution is 6.02. The molecule has 1 amide bonds. The maximum atomic E-state index is 13.3. The van der Waals surface area contributed by atoms with Crippen molar-refractivity contribution < 1.29 is 18.0 Å². The van der Waals surface area contributed by atoms with Crippen LogP contribution in [0.1, 0.15) is 49.5 Å². The van der Waals surface area contributed by atoms with Crippen molar-refractivity contribution >= 4 is 17.3 Å². The molecular weight excluding hydrogens is 491 g/mol. The van der Waals surface area contributed by atoms with Gasteiger partial charge in [-0.05, 0) is 63.9 Å². The number of nitrogens with one attached hydrogen (secondary N) is 2. The zero-order valence-electron chi connectivity index (χ0n) is 22.1. The number of alkyl halides is 3. The number of carbonyl (C=O) groups excluding carboxylic acids is 1. The van der Waals surface area contributed by atoms with E-state index in [-0.39, 0.29) is 22.4 Å². The van der Waals surface area contributed by atoms with Crippen LogP contribution in [-0.4, -0.2) is 47.5 Å². The molecule has 0 aliphatic carbocycles. The molecule has 0 saturated carbocycles. The number of carbonyl (C=O) groups is 1. The van der Waals surface area contributed by atoms with Gasteiger partial charge in [0.25, 0.3) is 5.91 Å². The molecule has 1 aliphatic rings. The number of aromatic nitrogens is 1. The fourth-order valence-corrected chi connectivity index (χ4v) is 4.86. The van der Waals surface area contributed by atoms with E-state index in [9.17, 15) is 18.0 Å². The Labute approximate surface area is 221 Å². The van der Waals surface area contributed by atoms with Crippen LogP contribution >= 0.6 is 0 Å². The first kappa shape index (κ1) is 27.4. The number of piperidine rings is 1. The molecule has 0 unspecified atom stereocenters. The third kappa shape index (κ3) is 6.10. The number of rotatable bonds is 6. The number of nitrogens with two attached hydrogens (primary N) is 1. The Morgan fingerprint density at radius 1 is 1.00 bits per heavy atom. The Hall–Kier alpha value is -3.59. The first-order chi connectivity index (χ1) is 17.9. The number of pyridine rings is 1. The number of likely N-dealkylation sites (tertiary alicyclic amines) is 1. The first-order valence-corrected chi connectivity index (χ1v) is 12.7. The number of halogens is 3. The van der Waals surface area contributed by atoms with E-state index in [1.807, 2.05) is 24.3 Å². The van der Waals surface area contributed by atoms with E-state index in [0.717, 1.165) is 43.8 Å². The summed E-state index contributed by atoms with van der Waals surface area (Å²) in [6.07, 6.45) is -2.40. The van der Waals surface area contributed by atoms with Crippen LogP contribution < -0.4 is 16.4 Å². The summed E-state index contributed by atoms with van der Waals surface area (Å²) in [7, 11) is 1.65. The van der Waals surface area contributed by atoms with E-state index < -0.39 is 17.6 Å². The Kier molecular flexibility index (Phi) is 7.69. The summed E-state index contributed by atoms with van der Waals surface area (Å²) in [6, 6.07) is 14.3. The number of hydrogen-bond acceptors (Lipinski definition) is 5. The molecule has 3 aromatic rings. The van der Waals surface area contributed by atoms with E-state index in [1.54, 1.807) is 7.05 Å². The van der Waals surface area contributed by atoms with Gasteiger partial charge in [0.15, 0.2) is 0 Å². The van der Waals surface area contributed by atoms with Crippen LogP contribution in [0.2, 0.25) is 0 Å². The molecule has 9 heteroatoms. The highest BCUT2D eigenvalue weighted by atomic mass is 19.4. The Morgan fingerprint density at radius 3 is 2.21 bits per heavy atom. The van der Waals surface area contributed by atoms with Crippen LogP contribution in [0.5, 0.6) is 0 Å². The lowest BCUT2D eigenvalue weighted by Gasteiger charge is -2.41. The third-order valence-corrected chi connectivity index (χ3v) is 6.99. The van der Waals surface area contributed by atoms with Crippen molar-refractivity contribution in [2.45, 2.75) is 51.4 Å². The molecule has 0 radical (unpaired) electrons. The fraction of sp³-hybridized carbons (Fsp3) is 0.379. The van der Waals surface area contributed by atoms with E-state index in [2.05, 4.69) is 41.3 Å². The maximum absolute atomic E-state index is 13.3. The molecular formula is C29H34F3N5O. The van der Waals surface area contributed by atoms with Crippen molar-refractivity contribution in [1.82, 2.24) is 9.88 Å². The molecule has 6 nitrogen and oxygen atoms in total. The monoisotopic (exact) mass is 525 g/mol. The molecule has 0 spiro atoms. The second-order valence-corrected chi connectivity index (χ2v) is 10.6. The van der Waals surface area contributed by atoms with E-state index in [0.29, 0.717) is 23.0 Å². The smallest absolute Gasteiger partial charge is 0.386 e. The molecule has 1 fully saturated rings. The number of hydrogen-bond donors (Lipinski definition) is 3. The van der Waals surface area contributed by atoms with Gasteiger partial charge in [0.2, 0.25) is 0 Å². The molecule has 202 valence electrons. The summed E-state index contributed by atoms with van der Waals surface area (Å²) in [6.45, 7) is 8.77. The van der Waals surface area contributed by atoms with Crippen LogP contribution in [0.3, 0.4) is 0 Å². The molecule has 0 atom stereocenters. The lowest BCUT2D eigenvalue weighted by atomic mass is 9.97. The summed E-state index contributed by atoms with van der Waals surface area (Å²) in [5.41, 5.74) is 8.17. The second kappa shape index (κ2) is 10.6. The number of anilines is 2. The Morgan fingerprint density at radius 2 is 1.66 bits per heavy atom. The SMILES string of the molecule is CNc1c(C(N)=O)cc(-c2cccc(C(F)(F)F)c2)nc1-c1ccc(NC2CCN(C(C)(C)C)CC2)cc1. The van der Waals surface area contributed by atoms with Crippen molar-refractivity contribution in [1.29, 1.82) is 0 Å². The van der Waals surface area contributed by atoms with Crippen molar-refractivity contribution in [3.8, 4) is 22.5 Å². The van der Waals surface area contributed by atoms with Gasteiger partial charge < -0.3 is 16.4 Å². The van der Waals surface area contributed by atoms with Gasteiger partial charge in [-0.25, -0.2) is 4.98 Å². The molecule has 1 aromatic heterocycles. The normalized spacial score (nSPS) is 15.3. The molecule has 38 heavy (non-hydrogen) atoms. The molecule has 1 saturated heterocycles. The van der Waals surface area contributed by atoms with Crippen molar-refractivity contribution in [2.24, 2.45) is 5.73 Å². The fourth-order valence-electron chi connectivity index (χ4n) is 4.86. The zero-order chi connectivity index (χ0) is 27.7. The van der Waals surface area contributed by atoms with E-state index in [4.69, 9.17) is 5.73 Å². The topological polar surface area (TPSA) is 83.3 Å². The van der Waals surface area contributed by atoms with Crippen LogP contribution in [0, 0.1) is 0 Å². The van der Waals surface area contributed by atoms with Crippen LogP contribution in [0.25, 0.3) is 22.5 Å². The summed E-state index contributed by atoms with van der Waals surface area (Å²) >= 11 is 0. The molecule has 4 rings (SSSR count). The number of amides is 1. The highest BCUT2D eigenvalue weighted by Crippen LogP contribution is 2.36. The van der Waals surface area contributed by atoms with E-state index >= 15 is 0 Å². The highest BCUT2D eigenvalue weighted by Gasteiger charge is 2.31. The molecule has 2 aromatic carbocycles. The van der Waals surface area contributed by atoms with Gasteiger partial charge in [-0.2, -0.15) is 13.2 Å². The van der Waals surface area contributed by atoms with Gasteiger partial charge in [-0.1, -0.05) is 24.3 Å². The lowest BCUT2D eigenvalue weighted by molar-refractivity contribution is -0.137. The average molecular weight is 526 g/mol. The van der Waals surface area contributed by atoms with Crippen molar-refractivity contribution in [3.63, 3.8) is 0 Å². The zero-order valence-corrected chi connectivity index (χ0v) is 22.1. The van der Waals surface area contributed by atoms with Gasteiger partial charge in [0, 0.05) is 48.5 Å². The summed E-state index contributed by atoms with van der Waals surface area (Å²) in [5, 5.41) is 6.60. The molecule has 1 aliphatic heterocycles. The van der Waals surface area contributed by atoms with Crippen LogP contribution in [0.4, 0.5) is 24.5 Å². The summed E-state index contributed by atoms with van der Waals surface area (Å²) < 4.78 is 40.0. The molecule has 0 bridgehead atoms. The first-order valence-electron chi connectivity index (χ1n) is 12.7. The van der Waals surface area contributed by atoms with E-state index in [1.165, 1.54) is 18.2 Å². The summed E-state index contributed by atoms with van der Waals surface area (Å²) in [4.78, 5) is 19.5. The van der Waals surface area contributed by atoms with Crippen LogP contribution in [-0.2, 0) is 6.18 Å². The largest absolute Gasteiger partial charge is 0.416 e. The average Bonchev–Trinajstić information content (AvgIpc) is 2.87. The maximum Gasteiger partial charge on any atom is 0.416 e. The third-order valence-electron chi connectivity index (χ3n) is 6.99. The predicted molar refractivity (Wildman–Crippen MR) is 146 cm³/mol. The van der Waals surface area contributed by atoms with Gasteiger partial charge >= 0.3 is 6.18 Å². The Bertz CT molecular complexity index is 1290. The summed E-state index contributed by atoms with van der Waals surface area (Å²) in [5.74, 6) is -0.703. The second-order valence-electron chi connectivity index (χ2n) is 10.6. The standard InChI is InChI=1S/C29H34F3N5O/c1-28(2,3)37-14-12-22(13-15-37)35-21-10-8-18(9-11-21)25-26(34-4)23(27(33)38)17-24(36-25)19-6-5-7-20(16-19)29(30,31)32/h5-11,16-17,22,34-35H,12-15H2,1-4H3,(H2,33,38). The van der Waals surface area contributed by atoms with Crippen molar-refractivity contribution in [2.75, 3.05) is 30.8 Å². The van der Waals surface area contributed by atoms with Crippen molar-refractivity contribution in [3.05, 3.63) is 65.7 Å². The van der Waals surface area contributed by atoms with Gasteiger partial charge in [-0.15, -0.1) is 0 Å². The number of benzene rings is 2.